The quantitative estimate of drug-likeness (QED) is 0.841. The van der Waals surface area contributed by atoms with Crippen molar-refractivity contribution < 1.29 is 4.79 Å². The maximum absolute atomic E-state index is 12.8. The second-order valence-electron chi connectivity index (χ2n) is 7.26. The van der Waals surface area contributed by atoms with Crippen LogP contribution in [0.25, 0.3) is 0 Å². The van der Waals surface area contributed by atoms with Crippen molar-refractivity contribution in [3.05, 3.63) is 0 Å². The van der Waals surface area contributed by atoms with Gasteiger partial charge in [-0.2, -0.15) is 0 Å². The van der Waals surface area contributed by atoms with Gasteiger partial charge in [-0.15, -0.1) is 0 Å². The molecule has 0 bridgehead atoms. The zero-order valence-corrected chi connectivity index (χ0v) is 13.3. The number of amides is 1. The molecule has 20 heavy (non-hydrogen) atoms. The molecule has 2 N–H and O–H groups in total. The number of hydrogen-bond acceptors (Lipinski definition) is 2. The molecule has 1 saturated carbocycles. The summed E-state index contributed by atoms with van der Waals surface area (Å²) in [5.74, 6) is 2.41. The van der Waals surface area contributed by atoms with Gasteiger partial charge in [-0.05, 0) is 37.1 Å². The molecule has 2 fully saturated rings. The Morgan fingerprint density at radius 1 is 1.15 bits per heavy atom. The summed E-state index contributed by atoms with van der Waals surface area (Å²) in [4.78, 5) is 14.9. The van der Waals surface area contributed by atoms with E-state index in [9.17, 15) is 4.79 Å². The molecule has 2 unspecified atom stereocenters. The van der Waals surface area contributed by atoms with E-state index >= 15 is 0 Å². The fourth-order valence-corrected chi connectivity index (χ4v) is 3.90. The third kappa shape index (κ3) is 3.97. The largest absolute Gasteiger partial charge is 0.342 e. The predicted octanol–water partition coefficient (Wildman–Crippen LogP) is 3.04. The summed E-state index contributed by atoms with van der Waals surface area (Å²) in [6, 6.07) is 0. The van der Waals surface area contributed by atoms with Crippen molar-refractivity contribution in [2.75, 3.05) is 19.6 Å². The van der Waals surface area contributed by atoms with Gasteiger partial charge in [0.25, 0.3) is 0 Å². The Labute approximate surface area is 124 Å². The lowest BCUT2D eigenvalue weighted by molar-refractivity contribution is -0.136. The maximum Gasteiger partial charge on any atom is 0.225 e. The molecule has 0 aromatic carbocycles. The van der Waals surface area contributed by atoms with Crippen LogP contribution in [-0.2, 0) is 4.79 Å². The highest BCUT2D eigenvalue weighted by Crippen LogP contribution is 2.33. The molecular formula is C17H32N2O. The monoisotopic (exact) mass is 280 g/mol. The van der Waals surface area contributed by atoms with Crippen LogP contribution >= 0.6 is 0 Å². The van der Waals surface area contributed by atoms with E-state index in [1.54, 1.807) is 0 Å². The van der Waals surface area contributed by atoms with Gasteiger partial charge in [0.2, 0.25) is 5.91 Å². The molecule has 1 aliphatic heterocycles. The van der Waals surface area contributed by atoms with E-state index in [1.807, 2.05) is 0 Å². The molecule has 2 aliphatic rings. The van der Waals surface area contributed by atoms with E-state index in [4.69, 9.17) is 5.73 Å². The average molecular weight is 280 g/mol. The topological polar surface area (TPSA) is 46.3 Å². The molecule has 2 rings (SSSR count). The molecule has 1 aliphatic carbocycles. The number of hydrogen-bond donors (Lipinski definition) is 1. The lowest BCUT2D eigenvalue weighted by Gasteiger charge is -2.31. The van der Waals surface area contributed by atoms with Gasteiger partial charge in [-0.25, -0.2) is 0 Å². The van der Waals surface area contributed by atoms with Gasteiger partial charge in [0, 0.05) is 19.0 Å². The first-order valence-corrected chi connectivity index (χ1v) is 8.60. The highest BCUT2D eigenvalue weighted by molar-refractivity contribution is 5.79. The second-order valence-corrected chi connectivity index (χ2v) is 7.26. The Balaban J connectivity index is 1.91. The van der Waals surface area contributed by atoms with Crippen molar-refractivity contribution in [2.24, 2.45) is 29.4 Å². The van der Waals surface area contributed by atoms with Gasteiger partial charge < -0.3 is 10.6 Å². The number of likely N-dealkylation sites (tertiary alicyclic amines) is 1. The number of nitrogens with two attached hydrogens (primary N) is 1. The molecule has 3 nitrogen and oxygen atoms in total. The molecule has 1 amide bonds. The van der Waals surface area contributed by atoms with E-state index in [2.05, 4.69) is 18.7 Å². The molecular weight excluding hydrogens is 248 g/mol. The van der Waals surface area contributed by atoms with E-state index < -0.39 is 0 Å². The molecule has 3 heteroatoms. The summed E-state index contributed by atoms with van der Waals surface area (Å²) >= 11 is 0. The van der Waals surface area contributed by atoms with Crippen LogP contribution in [0, 0.1) is 23.7 Å². The Kier molecular flexibility index (Phi) is 5.88. The summed E-state index contributed by atoms with van der Waals surface area (Å²) < 4.78 is 0. The minimum absolute atomic E-state index is 0.231. The molecule has 0 radical (unpaired) electrons. The Morgan fingerprint density at radius 3 is 2.40 bits per heavy atom. The van der Waals surface area contributed by atoms with Crippen molar-refractivity contribution in [1.29, 1.82) is 0 Å². The fourth-order valence-electron chi connectivity index (χ4n) is 3.90. The fraction of sp³-hybridized carbons (Fsp3) is 0.941. The summed E-state index contributed by atoms with van der Waals surface area (Å²) in [5.41, 5.74) is 5.74. The smallest absolute Gasteiger partial charge is 0.225 e. The van der Waals surface area contributed by atoms with Crippen LogP contribution in [-0.4, -0.2) is 30.4 Å². The highest BCUT2D eigenvalue weighted by atomic mass is 16.2. The van der Waals surface area contributed by atoms with Crippen molar-refractivity contribution in [2.45, 2.75) is 58.8 Å². The summed E-state index contributed by atoms with van der Waals surface area (Å²) in [6.07, 6.45) is 8.99. The van der Waals surface area contributed by atoms with E-state index in [0.29, 0.717) is 17.7 Å². The summed E-state index contributed by atoms with van der Waals surface area (Å²) in [7, 11) is 0. The number of nitrogens with zero attached hydrogens (tertiary/aromatic N) is 1. The van der Waals surface area contributed by atoms with Crippen molar-refractivity contribution in [3.63, 3.8) is 0 Å². The van der Waals surface area contributed by atoms with Gasteiger partial charge in [0.05, 0.1) is 0 Å². The molecule has 0 aromatic heterocycles. The van der Waals surface area contributed by atoms with Crippen LogP contribution in [0.3, 0.4) is 0 Å². The van der Waals surface area contributed by atoms with Crippen LogP contribution in [0.1, 0.15) is 58.8 Å². The van der Waals surface area contributed by atoms with Gasteiger partial charge >= 0.3 is 0 Å². The lowest BCUT2D eigenvalue weighted by atomic mass is 9.79. The van der Waals surface area contributed by atoms with Gasteiger partial charge in [0.15, 0.2) is 0 Å². The molecule has 1 heterocycles. The Bertz CT molecular complexity index is 310. The SMILES string of the molecule is CC(C)C(CC1CCCCC1)C(=O)N1CCC(CN)C1. The van der Waals surface area contributed by atoms with E-state index in [1.165, 1.54) is 32.1 Å². The lowest BCUT2D eigenvalue weighted by Crippen LogP contribution is -2.38. The molecule has 1 saturated heterocycles. The van der Waals surface area contributed by atoms with Gasteiger partial charge in [-0.1, -0.05) is 46.0 Å². The third-order valence-electron chi connectivity index (χ3n) is 5.36. The Morgan fingerprint density at radius 2 is 1.85 bits per heavy atom. The summed E-state index contributed by atoms with van der Waals surface area (Å²) in [6.45, 7) is 6.96. The van der Waals surface area contributed by atoms with Crippen molar-refractivity contribution >= 4 is 5.91 Å². The maximum atomic E-state index is 12.8. The van der Waals surface area contributed by atoms with Crippen LogP contribution in [0.2, 0.25) is 0 Å². The standard InChI is InChI=1S/C17H32N2O/c1-13(2)16(10-14-6-4-3-5-7-14)17(20)19-9-8-15(11-18)12-19/h13-16H,3-12,18H2,1-2H3. The molecule has 2 atom stereocenters. The zero-order valence-electron chi connectivity index (χ0n) is 13.3. The molecule has 116 valence electrons. The van der Waals surface area contributed by atoms with E-state index in [-0.39, 0.29) is 5.92 Å². The number of rotatable bonds is 5. The highest BCUT2D eigenvalue weighted by Gasteiger charge is 2.33. The summed E-state index contributed by atoms with van der Waals surface area (Å²) in [5, 5.41) is 0. The number of carbonyl (C=O) groups is 1. The minimum atomic E-state index is 0.231. The van der Waals surface area contributed by atoms with E-state index in [0.717, 1.165) is 38.4 Å². The molecule has 0 spiro atoms. The first-order valence-electron chi connectivity index (χ1n) is 8.60. The number of carbonyl (C=O) groups excluding carboxylic acids is 1. The van der Waals surface area contributed by atoms with Crippen molar-refractivity contribution in [3.8, 4) is 0 Å². The Hall–Kier alpha value is -0.570. The first kappa shape index (κ1) is 15.8. The molecule has 0 aromatic rings. The van der Waals surface area contributed by atoms with Crippen molar-refractivity contribution in [1.82, 2.24) is 4.90 Å². The van der Waals surface area contributed by atoms with Gasteiger partial charge in [0.1, 0.15) is 0 Å². The van der Waals surface area contributed by atoms with Gasteiger partial charge in [-0.3, -0.25) is 4.79 Å². The first-order chi connectivity index (χ1) is 9.61. The van der Waals surface area contributed by atoms with Crippen LogP contribution in [0.15, 0.2) is 0 Å². The second kappa shape index (κ2) is 7.44. The third-order valence-corrected chi connectivity index (χ3v) is 5.36. The van der Waals surface area contributed by atoms with Crippen LogP contribution in [0.4, 0.5) is 0 Å². The van der Waals surface area contributed by atoms with Crippen LogP contribution in [0.5, 0.6) is 0 Å². The average Bonchev–Trinajstić information content (AvgIpc) is 2.94. The van der Waals surface area contributed by atoms with Crippen LogP contribution < -0.4 is 5.73 Å². The normalized spacial score (nSPS) is 26.2. The zero-order chi connectivity index (χ0) is 14.5. The predicted molar refractivity (Wildman–Crippen MR) is 83.3 cm³/mol. The minimum Gasteiger partial charge on any atom is -0.342 e.